The van der Waals surface area contributed by atoms with Gasteiger partial charge in [-0.25, -0.2) is 0 Å². The van der Waals surface area contributed by atoms with Crippen molar-refractivity contribution in [3.63, 3.8) is 0 Å². The fraction of sp³-hybridized carbons (Fsp3) is 0.893. The van der Waals surface area contributed by atoms with Gasteiger partial charge in [-0.15, -0.1) is 0 Å². The van der Waals surface area contributed by atoms with Crippen LogP contribution in [0.5, 0.6) is 0 Å². The number of unbranched alkanes of at least 4 members (excludes halogenated alkanes) is 13. The van der Waals surface area contributed by atoms with Gasteiger partial charge in [0, 0.05) is 0 Å². The van der Waals surface area contributed by atoms with Crippen molar-refractivity contribution in [3.8, 4) is 0 Å². The van der Waals surface area contributed by atoms with Crippen molar-refractivity contribution < 1.29 is 9.53 Å². The molecule has 0 aliphatic carbocycles. The Morgan fingerprint density at radius 1 is 0.781 bits per heavy atom. The summed E-state index contributed by atoms with van der Waals surface area (Å²) in [6.07, 6.45) is 26.1. The zero-order valence-corrected chi connectivity index (χ0v) is 22.7. The van der Waals surface area contributed by atoms with E-state index in [-0.39, 0.29) is 5.97 Å². The molecule has 32 heavy (non-hydrogen) atoms. The zero-order valence-electron chi connectivity index (χ0n) is 22.7. The van der Waals surface area contributed by atoms with Gasteiger partial charge in [-0.3, -0.25) is 9.69 Å². The quantitative estimate of drug-likeness (QED) is 0.117. The van der Waals surface area contributed by atoms with Crippen LogP contribution in [0.2, 0.25) is 0 Å². The van der Waals surface area contributed by atoms with E-state index in [1.165, 1.54) is 97.0 Å². The van der Waals surface area contributed by atoms with Crippen LogP contribution in [-0.2, 0) is 9.53 Å². The first-order valence-corrected chi connectivity index (χ1v) is 13.5. The molecule has 0 bridgehead atoms. The summed E-state index contributed by atoms with van der Waals surface area (Å²) in [5.41, 5.74) is 4.96. The molecule has 0 aromatic rings. The summed E-state index contributed by atoms with van der Waals surface area (Å²) in [6.45, 7) is 9.97. The highest BCUT2D eigenvalue weighted by atomic mass is 16.5. The van der Waals surface area contributed by atoms with E-state index in [4.69, 9.17) is 10.5 Å². The maximum Gasteiger partial charge on any atom is 0.325 e. The summed E-state index contributed by atoms with van der Waals surface area (Å²) in [7, 11) is 3.38. The predicted molar refractivity (Wildman–Crippen MR) is 142 cm³/mol. The van der Waals surface area contributed by atoms with Crippen LogP contribution in [0.15, 0.2) is 12.2 Å². The Bertz CT molecular complexity index is 422. The van der Waals surface area contributed by atoms with Crippen molar-refractivity contribution in [2.24, 2.45) is 5.73 Å². The zero-order chi connectivity index (χ0) is 24.5. The molecule has 192 valence electrons. The normalized spacial score (nSPS) is 11.6. The maximum absolute atomic E-state index is 11.4. The van der Waals surface area contributed by atoms with Gasteiger partial charge in [0.15, 0.2) is 0 Å². The van der Waals surface area contributed by atoms with Crippen LogP contribution in [0.3, 0.4) is 0 Å². The number of carbonyl (C=O) groups is 1. The number of likely N-dealkylation sites (N-methyl/N-ethyl adjacent to an activating group) is 1. The number of nitrogens with zero attached hydrogens (tertiary/aromatic N) is 1. The van der Waals surface area contributed by atoms with Crippen LogP contribution in [0.4, 0.5) is 0 Å². The third-order valence-corrected chi connectivity index (χ3v) is 6.20. The summed E-state index contributed by atoms with van der Waals surface area (Å²) in [6, 6.07) is 0. The third kappa shape index (κ3) is 21.0. The van der Waals surface area contributed by atoms with E-state index in [9.17, 15) is 4.79 Å². The molecule has 0 saturated heterocycles. The SMILES string of the molecule is CCCCCCCC/C=C\CCCCCCCCN.CCCCN(C)C(C)(C)C(=O)OC. The molecule has 0 aromatic carbocycles. The van der Waals surface area contributed by atoms with E-state index >= 15 is 0 Å². The lowest BCUT2D eigenvalue weighted by molar-refractivity contribution is -0.152. The number of methoxy groups -OCH3 is 1. The average molecular weight is 455 g/mol. The lowest BCUT2D eigenvalue weighted by Crippen LogP contribution is -2.48. The molecule has 0 amide bonds. The van der Waals surface area contributed by atoms with Crippen LogP contribution in [-0.4, -0.2) is 43.7 Å². The summed E-state index contributed by atoms with van der Waals surface area (Å²) >= 11 is 0. The average Bonchev–Trinajstić information content (AvgIpc) is 2.79. The number of ether oxygens (including phenoxy) is 1. The Labute approximate surface area is 201 Å². The van der Waals surface area contributed by atoms with Gasteiger partial charge in [-0.2, -0.15) is 0 Å². The molecule has 0 atom stereocenters. The predicted octanol–water partition coefficient (Wildman–Crippen LogP) is 7.65. The maximum atomic E-state index is 11.4. The number of hydrogen-bond acceptors (Lipinski definition) is 4. The van der Waals surface area contributed by atoms with Gasteiger partial charge in [0.25, 0.3) is 0 Å². The van der Waals surface area contributed by atoms with Crippen molar-refractivity contribution in [2.75, 3.05) is 27.2 Å². The summed E-state index contributed by atoms with van der Waals surface area (Å²) < 4.78 is 4.74. The minimum atomic E-state index is -0.510. The Hall–Kier alpha value is -0.870. The summed E-state index contributed by atoms with van der Waals surface area (Å²) in [5, 5.41) is 0. The van der Waals surface area contributed by atoms with E-state index in [2.05, 4.69) is 26.0 Å². The van der Waals surface area contributed by atoms with E-state index in [1.807, 2.05) is 25.8 Å². The minimum Gasteiger partial charge on any atom is -0.468 e. The van der Waals surface area contributed by atoms with Gasteiger partial charge in [-0.05, 0) is 72.5 Å². The van der Waals surface area contributed by atoms with Crippen molar-refractivity contribution in [2.45, 2.75) is 136 Å². The molecule has 0 aliphatic heterocycles. The standard InChI is InChI=1S/C18H37N.C10H21NO2/c1-2-3-4-5-6-7-8-9-10-11-12-13-14-15-16-17-18-19;1-6-7-8-11(4)10(2,3)9(12)13-5/h9-10H,2-8,11-19H2,1H3;6-8H2,1-5H3/b10-9-;. The molecule has 0 unspecified atom stereocenters. The number of hydrogen-bond donors (Lipinski definition) is 1. The molecule has 0 aliphatic rings. The molecular weight excluding hydrogens is 396 g/mol. The number of rotatable bonds is 20. The molecule has 0 spiro atoms. The topological polar surface area (TPSA) is 55.6 Å². The molecule has 4 heteroatoms. The monoisotopic (exact) mass is 454 g/mol. The Balaban J connectivity index is 0. The summed E-state index contributed by atoms with van der Waals surface area (Å²) in [5.74, 6) is -0.175. The number of carbonyl (C=O) groups excluding carboxylic acids is 1. The molecule has 4 nitrogen and oxygen atoms in total. The second-order valence-electron chi connectivity index (χ2n) is 9.55. The third-order valence-electron chi connectivity index (χ3n) is 6.20. The first-order valence-electron chi connectivity index (χ1n) is 13.5. The molecular formula is C28H58N2O2. The second-order valence-corrected chi connectivity index (χ2v) is 9.55. The van der Waals surface area contributed by atoms with Crippen molar-refractivity contribution in [1.29, 1.82) is 0 Å². The van der Waals surface area contributed by atoms with Crippen molar-refractivity contribution in [3.05, 3.63) is 12.2 Å². The second kappa shape index (κ2) is 24.8. The highest BCUT2D eigenvalue weighted by Crippen LogP contribution is 2.14. The highest BCUT2D eigenvalue weighted by molar-refractivity contribution is 5.79. The van der Waals surface area contributed by atoms with Crippen LogP contribution in [0.25, 0.3) is 0 Å². The Morgan fingerprint density at radius 3 is 1.66 bits per heavy atom. The van der Waals surface area contributed by atoms with E-state index < -0.39 is 5.54 Å². The molecule has 0 aromatic heterocycles. The number of nitrogens with two attached hydrogens (primary N) is 1. The van der Waals surface area contributed by atoms with Gasteiger partial charge < -0.3 is 10.5 Å². The first kappa shape index (κ1) is 33.3. The van der Waals surface area contributed by atoms with Crippen LogP contribution in [0.1, 0.15) is 130 Å². The molecule has 0 saturated carbocycles. The summed E-state index contributed by atoms with van der Waals surface area (Å²) in [4.78, 5) is 13.4. The lowest BCUT2D eigenvalue weighted by atomic mass is 10.0. The highest BCUT2D eigenvalue weighted by Gasteiger charge is 2.32. The number of allylic oxidation sites excluding steroid dienone is 2. The van der Waals surface area contributed by atoms with E-state index in [1.54, 1.807) is 0 Å². The minimum absolute atomic E-state index is 0.175. The van der Waals surface area contributed by atoms with E-state index in [0.717, 1.165) is 25.9 Å². The van der Waals surface area contributed by atoms with Gasteiger partial charge >= 0.3 is 5.97 Å². The molecule has 0 fully saturated rings. The van der Waals surface area contributed by atoms with Crippen LogP contribution >= 0.6 is 0 Å². The van der Waals surface area contributed by atoms with Crippen LogP contribution in [0, 0.1) is 0 Å². The Kier molecular flexibility index (Phi) is 25.8. The van der Waals surface area contributed by atoms with Gasteiger partial charge in [-0.1, -0.05) is 90.2 Å². The molecule has 0 radical (unpaired) electrons. The lowest BCUT2D eigenvalue weighted by Gasteiger charge is -2.32. The van der Waals surface area contributed by atoms with Gasteiger partial charge in [0.05, 0.1) is 7.11 Å². The van der Waals surface area contributed by atoms with Gasteiger partial charge in [0.1, 0.15) is 5.54 Å². The Morgan fingerprint density at radius 2 is 1.22 bits per heavy atom. The molecule has 0 heterocycles. The van der Waals surface area contributed by atoms with E-state index in [0.29, 0.717) is 0 Å². The van der Waals surface area contributed by atoms with Crippen molar-refractivity contribution >= 4 is 5.97 Å². The largest absolute Gasteiger partial charge is 0.468 e. The fourth-order valence-corrected chi connectivity index (χ4v) is 3.47. The fourth-order valence-electron chi connectivity index (χ4n) is 3.47. The number of esters is 1. The molecule has 0 rings (SSSR count). The molecule has 2 N–H and O–H groups in total. The smallest absolute Gasteiger partial charge is 0.325 e. The first-order chi connectivity index (χ1) is 15.4. The van der Waals surface area contributed by atoms with Gasteiger partial charge in [0.2, 0.25) is 0 Å². The van der Waals surface area contributed by atoms with Crippen molar-refractivity contribution in [1.82, 2.24) is 4.90 Å². The van der Waals surface area contributed by atoms with Crippen LogP contribution < -0.4 is 5.73 Å².